The van der Waals surface area contributed by atoms with Crippen LogP contribution in [0.2, 0.25) is 5.15 Å². The van der Waals surface area contributed by atoms with E-state index in [2.05, 4.69) is 9.88 Å². The van der Waals surface area contributed by atoms with Crippen molar-refractivity contribution in [2.24, 2.45) is 0 Å². The van der Waals surface area contributed by atoms with Crippen molar-refractivity contribution < 1.29 is 4.39 Å². The van der Waals surface area contributed by atoms with Gasteiger partial charge in [0.25, 0.3) is 0 Å². The monoisotopic (exact) mass is 246 g/mol. The Kier molecular flexibility index (Phi) is 3.83. The molecule has 1 fully saturated rings. The Bertz CT molecular complexity index is 342. The van der Waals surface area contributed by atoms with Crippen LogP contribution in [0.1, 0.15) is 5.56 Å². The lowest BCUT2D eigenvalue weighted by Crippen LogP contribution is -2.32. The first-order chi connectivity index (χ1) is 7.25. The molecular weight excluding hydrogens is 235 g/mol. The van der Waals surface area contributed by atoms with Crippen LogP contribution < -0.4 is 0 Å². The molecule has 0 bridgehead atoms. The van der Waals surface area contributed by atoms with Crippen LogP contribution in [-0.4, -0.2) is 34.5 Å². The van der Waals surface area contributed by atoms with Gasteiger partial charge >= 0.3 is 0 Å². The number of nitrogens with zero attached hydrogens (tertiary/aromatic N) is 2. The van der Waals surface area contributed by atoms with Crippen LogP contribution in [0.3, 0.4) is 0 Å². The molecule has 0 radical (unpaired) electrons. The van der Waals surface area contributed by atoms with Crippen LogP contribution in [-0.2, 0) is 6.54 Å². The number of aromatic nitrogens is 1. The van der Waals surface area contributed by atoms with E-state index in [9.17, 15) is 4.39 Å². The van der Waals surface area contributed by atoms with Gasteiger partial charge in [-0.3, -0.25) is 4.90 Å². The lowest BCUT2D eigenvalue weighted by molar-refractivity contribution is 0.288. The fourth-order valence-corrected chi connectivity index (χ4v) is 2.68. The predicted octanol–water partition coefficient (Wildman–Crippen LogP) is 2.42. The third-order valence-electron chi connectivity index (χ3n) is 2.39. The second-order valence-electron chi connectivity index (χ2n) is 3.47. The summed E-state index contributed by atoms with van der Waals surface area (Å²) in [6.45, 7) is 2.68. The van der Waals surface area contributed by atoms with E-state index in [-0.39, 0.29) is 5.15 Å². The van der Waals surface area contributed by atoms with Gasteiger partial charge in [-0.1, -0.05) is 17.7 Å². The first kappa shape index (κ1) is 11.2. The van der Waals surface area contributed by atoms with Gasteiger partial charge in [0.2, 0.25) is 5.95 Å². The SMILES string of the molecule is Fc1nc(Cl)ccc1CN1CCSCC1. The summed E-state index contributed by atoms with van der Waals surface area (Å²) >= 11 is 7.54. The molecule has 1 saturated heterocycles. The molecule has 5 heteroatoms. The average molecular weight is 247 g/mol. The van der Waals surface area contributed by atoms with Crippen molar-refractivity contribution >= 4 is 23.4 Å². The van der Waals surface area contributed by atoms with Crippen LogP contribution in [0.15, 0.2) is 12.1 Å². The summed E-state index contributed by atoms with van der Waals surface area (Å²) < 4.78 is 13.4. The summed E-state index contributed by atoms with van der Waals surface area (Å²) in [4.78, 5) is 5.85. The zero-order chi connectivity index (χ0) is 10.7. The fourth-order valence-electron chi connectivity index (χ4n) is 1.56. The smallest absolute Gasteiger partial charge is 0.218 e. The molecule has 15 heavy (non-hydrogen) atoms. The van der Waals surface area contributed by atoms with Gasteiger partial charge in [-0.25, -0.2) is 4.98 Å². The highest BCUT2D eigenvalue weighted by Crippen LogP contribution is 2.15. The molecule has 0 aromatic carbocycles. The number of rotatable bonds is 2. The minimum absolute atomic E-state index is 0.213. The van der Waals surface area contributed by atoms with Crippen molar-refractivity contribution in [3.63, 3.8) is 0 Å². The van der Waals surface area contributed by atoms with Gasteiger partial charge in [0.15, 0.2) is 0 Å². The Morgan fingerprint density at radius 3 is 2.80 bits per heavy atom. The largest absolute Gasteiger partial charge is 0.297 e. The van der Waals surface area contributed by atoms with Crippen molar-refractivity contribution in [3.05, 3.63) is 28.8 Å². The molecule has 1 aromatic heterocycles. The molecule has 1 aliphatic heterocycles. The number of pyridine rings is 1. The first-order valence-electron chi connectivity index (χ1n) is 4.87. The van der Waals surface area contributed by atoms with E-state index in [0.29, 0.717) is 12.1 Å². The zero-order valence-corrected chi connectivity index (χ0v) is 9.82. The highest BCUT2D eigenvalue weighted by atomic mass is 35.5. The molecule has 82 valence electrons. The van der Waals surface area contributed by atoms with Gasteiger partial charge in [0, 0.05) is 36.7 Å². The van der Waals surface area contributed by atoms with E-state index in [1.807, 2.05) is 11.8 Å². The van der Waals surface area contributed by atoms with Crippen molar-refractivity contribution in [3.8, 4) is 0 Å². The zero-order valence-electron chi connectivity index (χ0n) is 8.25. The molecule has 2 heterocycles. The Balaban J connectivity index is 2.03. The Labute approximate surface area is 97.8 Å². The van der Waals surface area contributed by atoms with E-state index < -0.39 is 5.95 Å². The summed E-state index contributed by atoms with van der Waals surface area (Å²) in [5.74, 6) is 1.81. The van der Waals surface area contributed by atoms with E-state index in [1.165, 1.54) is 0 Å². The van der Waals surface area contributed by atoms with E-state index in [4.69, 9.17) is 11.6 Å². The molecule has 0 saturated carbocycles. The fraction of sp³-hybridized carbons (Fsp3) is 0.500. The average Bonchev–Trinajstić information content (AvgIpc) is 2.24. The molecule has 1 aliphatic rings. The second kappa shape index (κ2) is 5.14. The topological polar surface area (TPSA) is 16.1 Å². The predicted molar refractivity (Wildman–Crippen MR) is 61.8 cm³/mol. The number of thioether (sulfide) groups is 1. The minimum atomic E-state index is -0.444. The van der Waals surface area contributed by atoms with Crippen LogP contribution in [0, 0.1) is 5.95 Å². The lowest BCUT2D eigenvalue weighted by Gasteiger charge is -2.26. The van der Waals surface area contributed by atoms with Crippen LogP contribution in [0.25, 0.3) is 0 Å². The van der Waals surface area contributed by atoms with Gasteiger partial charge in [0.05, 0.1) is 0 Å². The van der Waals surface area contributed by atoms with E-state index >= 15 is 0 Å². The van der Waals surface area contributed by atoms with Crippen molar-refractivity contribution in [2.45, 2.75) is 6.54 Å². The van der Waals surface area contributed by atoms with Gasteiger partial charge in [-0.15, -0.1) is 0 Å². The van der Waals surface area contributed by atoms with Crippen molar-refractivity contribution in [1.29, 1.82) is 0 Å². The van der Waals surface area contributed by atoms with Gasteiger partial charge in [0.1, 0.15) is 5.15 Å². The third kappa shape index (κ3) is 3.06. The number of hydrogen-bond acceptors (Lipinski definition) is 3. The Morgan fingerprint density at radius 1 is 1.40 bits per heavy atom. The summed E-state index contributed by atoms with van der Waals surface area (Å²) in [5, 5.41) is 0.213. The van der Waals surface area contributed by atoms with Crippen molar-refractivity contribution in [2.75, 3.05) is 24.6 Å². The number of hydrogen-bond donors (Lipinski definition) is 0. The van der Waals surface area contributed by atoms with Gasteiger partial charge in [-0.05, 0) is 6.07 Å². The van der Waals surface area contributed by atoms with Crippen LogP contribution in [0.4, 0.5) is 4.39 Å². The molecule has 0 spiro atoms. The first-order valence-corrected chi connectivity index (χ1v) is 6.40. The van der Waals surface area contributed by atoms with Crippen molar-refractivity contribution in [1.82, 2.24) is 9.88 Å². The molecule has 0 N–H and O–H groups in total. The van der Waals surface area contributed by atoms with Crippen LogP contribution in [0.5, 0.6) is 0 Å². The second-order valence-corrected chi connectivity index (χ2v) is 5.08. The maximum Gasteiger partial charge on any atom is 0.218 e. The Morgan fingerprint density at radius 2 is 2.13 bits per heavy atom. The molecule has 1 aromatic rings. The molecule has 0 amide bonds. The maximum atomic E-state index is 13.4. The molecule has 2 rings (SSSR count). The van der Waals surface area contributed by atoms with E-state index in [0.717, 1.165) is 24.6 Å². The third-order valence-corrected chi connectivity index (χ3v) is 3.54. The quantitative estimate of drug-likeness (QED) is 0.746. The minimum Gasteiger partial charge on any atom is -0.297 e. The standard InChI is InChI=1S/C10H12ClFN2S/c11-9-2-1-8(10(12)13-9)7-14-3-5-15-6-4-14/h1-2H,3-7H2. The molecular formula is C10H12ClFN2S. The Hall–Kier alpha value is -0.320. The van der Waals surface area contributed by atoms with E-state index in [1.54, 1.807) is 12.1 Å². The summed E-state index contributed by atoms with van der Waals surface area (Å²) in [6.07, 6.45) is 0. The molecule has 0 aliphatic carbocycles. The highest BCUT2D eigenvalue weighted by molar-refractivity contribution is 7.99. The van der Waals surface area contributed by atoms with Gasteiger partial charge in [-0.2, -0.15) is 16.2 Å². The highest BCUT2D eigenvalue weighted by Gasteiger charge is 2.13. The lowest BCUT2D eigenvalue weighted by atomic mass is 10.2. The molecule has 0 unspecified atom stereocenters. The summed E-state index contributed by atoms with van der Waals surface area (Å²) in [5.41, 5.74) is 0.631. The van der Waals surface area contributed by atoms with Crippen LogP contribution >= 0.6 is 23.4 Å². The molecule has 2 nitrogen and oxygen atoms in total. The summed E-state index contributed by atoms with van der Waals surface area (Å²) in [7, 11) is 0. The van der Waals surface area contributed by atoms with Gasteiger partial charge < -0.3 is 0 Å². The number of halogens is 2. The normalized spacial score (nSPS) is 18.0. The maximum absolute atomic E-state index is 13.4. The summed E-state index contributed by atoms with van der Waals surface area (Å²) in [6, 6.07) is 3.35. The molecule has 0 atom stereocenters.